The van der Waals surface area contributed by atoms with Gasteiger partial charge in [-0.3, -0.25) is 0 Å². The fraction of sp³-hybridized carbons (Fsp3) is 0.0800. The molecule has 0 spiro atoms. The van der Waals surface area contributed by atoms with Crippen molar-refractivity contribution in [3.8, 4) is 28.7 Å². The zero-order chi connectivity index (χ0) is 19.5. The van der Waals surface area contributed by atoms with Gasteiger partial charge in [0.15, 0.2) is 0 Å². The van der Waals surface area contributed by atoms with Crippen molar-refractivity contribution < 1.29 is 9.15 Å². The van der Waals surface area contributed by atoms with Crippen molar-refractivity contribution >= 4 is 11.0 Å². The van der Waals surface area contributed by atoms with Crippen LogP contribution in [0.1, 0.15) is 16.7 Å². The molecule has 0 bridgehead atoms. The number of rotatable bonds is 2. The van der Waals surface area contributed by atoms with Crippen molar-refractivity contribution in [2.45, 2.75) is 6.92 Å². The number of methoxy groups -OCH3 is 1. The molecule has 0 radical (unpaired) electrons. The Morgan fingerprint density at radius 3 is 2.29 bits per heavy atom. The minimum absolute atomic E-state index is 0.405. The molecule has 3 aromatic carbocycles. The lowest BCUT2D eigenvalue weighted by molar-refractivity contribution is 0.415. The lowest BCUT2D eigenvalue weighted by Crippen LogP contribution is -2.06. The first-order valence-corrected chi connectivity index (χ1v) is 8.94. The SMILES string of the molecule is COc1ccc(-c2c(C#Cc3ccc(C)cc3)c3ccccc3oc2=O)cc1. The van der Waals surface area contributed by atoms with Crippen LogP contribution in [-0.2, 0) is 0 Å². The second-order valence-electron chi connectivity index (χ2n) is 6.48. The topological polar surface area (TPSA) is 39.4 Å². The summed E-state index contributed by atoms with van der Waals surface area (Å²) in [5.41, 5.74) is 4.06. The highest BCUT2D eigenvalue weighted by molar-refractivity contribution is 5.90. The molecule has 0 unspecified atom stereocenters. The molecule has 0 saturated heterocycles. The van der Waals surface area contributed by atoms with E-state index < -0.39 is 5.63 Å². The highest BCUT2D eigenvalue weighted by Gasteiger charge is 2.15. The molecule has 4 aromatic rings. The van der Waals surface area contributed by atoms with Crippen LogP contribution in [0.5, 0.6) is 5.75 Å². The van der Waals surface area contributed by atoms with Crippen LogP contribution in [0, 0.1) is 18.8 Å². The van der Waals surface area contributed by atoms with Gasteiger partial charge in [-0.25, -0.2) is 4.79 Å². The summed E-state index contributed by atoms with van der Waals surface area (Å²) < 4.78 is 10.8. The van der Waals surface area contributed by atoms with Gasteiger partial charge in [0.1, 0.15) is 11.3 Å². The summed E-state index contributed by atoms with van der Waals surface area (Å²) in [4.78, 5) is 12.8. The first-order valence-electron chi connectivity index (χ1n) is 8.94. The molecule has 1 aromatic heterocycles. The van der Waals surface area contributed by atoms with Crippen molar-refractivity contribution in [2.24, 2.45) is 0 Å². The van der Waals surface area contributed by atoms with Gasteiger partial charge in [0, 0.05) is 10.9 Å². The molecular formula is C25H18O3. The Labute approximate surface area is 163 Å². The van der Waals surface area contributed by atoms with Gasteiger partial charge in [-0.05, 0) is 48.9 Å². The Kier molecular flexibility index (Phi) is 4.70. The summed E-state index contributed by atoms with van der Waals surface area (Å²) in [5, 5.41) is 0.813. The second-order valence-corrected chi connectivity index (χ2v) is 6.48. The third-order valence-corrected chi connectivity index (χ3v) is 4.58. The normalized spacial score (nSPS) is 10.4. The van der Waals surface area contributed by atoms with E-state index in [1.54, 1.807) is 13.2 Å². The first kappa shape index (κ1) is 17.6. The van der Waals surface area contributed by atoms with Crippen molar-refractivity contribution in [3.63, 3.8) is 0 Å². The maximum absolute atomic E-state index is 12.8. The number of para-hydroxylation sites is 1. The lowest BCUT2D eigenvalue weighted by atomic mass is 9.98. The molecule has 3 nitrogen and oxygen atoms in total. The van der Waals surface area contributed by atoms with Crippen LogP contribution in [0.2, 0.25) is 0 Å². The molecule has 4 rings (SSSR count). The summed E-state index contributed by atoms with van der Waals surface area (Å²) in [6.07, 6.45) is 0. The molecule has 136 valence electrons. The average molecular weight is 366 g/mol. The summed E-state index contributed by atoms with van der Waals surface area (Å²) in [7, 11) is 1.61. The summed E-state index contributed by atoms with van der Waals surface area (Å²) in [6.45, 7) is 2.04. The molecule has 3 heteroatoms. The Hall–Kier alpha value is -3.77. The molecular weight excluding hydrogens is 348 g/mol. The highest BCUT2D eigenvalue weighted by atomic mass is 16.5. The standard InChI is InChI=1S/C25H18O3/c1-17-7-9-18(10-8-17)11-16-22-21-5-3-4-6-23(21)28-25(26)24(22)19-12-14-20(27-2)15-13-19/h3-10,12-15H,1-2H3. The third-order valence-electron chi connectivity index (χ3n) is 4.58. The van der Waals surface area contributed by atoms with Crippen LogP contribution in [0.4, 0.5) is 0 Å². The molecule has 0 saturated carbocycles. The van der Waals surface area contributed by atoms with Crippen LogP contribution in [0.15, 0.2) is 82.0 Å². The third kappa shape index (κ3) is 3.41. The summed E-state index contributed by atoms with van der Waals surface area (Å²) in [6, 6.07) is 22.8. The van der Waals surface area contributed by atoms with E-state index in [0.29, 0.717) is 16.7 Å². The number of hydrogen-bond acceptors (Lipinski definition) is 3. The minimum Gasteiger partial charge on any atom is -0.497 e. The van der Waals surface area contributed by atoms with E-state index in [1.807, 2.05) is 73.7 Å². The van der Waals surface area contributed by atoms with E-state index in [2.05, 4.69) is 11.8 Å². The van der Waals surface area contributed by atoms with Gasteiger partial charge in [-0.2, -0.15) is 0 Å². The van der Waals surface area contributed by atoms with Crippen molar-refractivity contribution in [2.75, 3.05) is 7.11 Å². The smallest absolute Gasteiger partial charge is 0.345 e. The minimum atomic E-state index is -0.405. The molecule has 0 aliphatic heterocycles. The molecule has 0 aliphatic rings. The van der Waals surface area contributed by atoms with E-state index in [9.17, 15) is 4.79 Å². The van der Waals surface area contributed by atoms with Gasteiger partial charge in [-0.15, -0.1) is 0 Å². The Morgan fingerprint density at radius 1 is 0.857 bits per heavy atom. The van der Waals surface area contributed by atoms with E-state index in [1.165, 1.54) is 5.56 Å². The number of ether oxygens (including phenoxy) is 1. The molecule has 28 heavy (non-hydrogen) atoms. The van der Waals surface area contributed by atoms with Gasteiger partial charge < -0.3 is 9.15 Å². The number of fused-ring (bicyclic) bond motifs is 1. The van der Waals surface area contributed by atoms with Gasteiger partial charge in [-0.1, -0.05) is 53.8 Å². The summed E-state index contributed by atoms with van der Waals surface area (Å²) >= 11 is 0. The van der Waals surface area contributed by atoms with Gasteiger partial charge in [0.2, 0.25) is 0 Å². The van der Waals surface area contributed by atoms with Gasteiger partial charge in [0.05, 0.1) is 18.2 Å². The monoisotopic (exact) mass is 366 g/mol. The zero-order valence-corrected chi connectivity index (χ0v) is 15.7. The van der Waals surface area contributed by atoms with E-state index in [4.69, 9.17) is 9.15 Å². The van der Waals surface area contributed by atoms with Crippen LogP contribution < -0.4 is 10.4 Å². The maximum Gasteiger partial charge on any atom is 0.345 e. The maximum atomic E-state index is 12.8. The van der Waals surface area contributed by atoms with E-state index >= 15 is 0 Å². The Balaban J connectivity index is 1.96. The Bertz CT molecular complexity index is 1250. The second kappa shape index (κ2) is 7.46. The van der Waals surface area contributed by atoms with Crippen LogP contribution in [-0.4, -0.2) is 7.11 Å². The fourth-order valence-corrected chi connectivity index (χ4v) is 3.07. The van der Waals surface area contributed by atoms with Gasteiger partial charge >= 0.3 is 5.63 Å². The van der Waals surface area contributed by atoms with E-state index in [0.717, 1.165) is 22.3 Å². The number of hydrogen-bond donors (Lipinski definition) is 0. The summed E-state index contributed by atoms with van der Waals surface area (Å²) in [5.74, 6) is 7.13. The predicted molar refractivity (Wildman–Crippen MR) is 112 cm³/mol. The van der Waals surface area contributed by atoms with Crippen molar-refractivity contribution in [3.05, 3.63) is 99.9 Å². The Morgan fingerprint density at radius 2 is 1.57 bits per heavy atom. The molecule has 0 fully saturated rings. The van der Waals surface area contributed by atoms with Crippen LogP contribution >= 0.6 is 0 Å². The first-order chi connectivity index (χ1) is 13.7. The predicted octanol–water partition coefficient (Wildman–Crippen LogP) is 5.18. The van der Waals surface area contributed by atoms with Crippen molar-refractivity contribution in [1.82, 2.24) is 0 Å². The molecule has 0 aliphatic carbocycles. The van der Waals surface area contributed by atoms with Gasteiger partial charge in [0.25, 0.3) is 0 Å². The van der Waals surface area contributed by atoms with Crippen LogP contribution in [0.3, 0.4) is 0 Å². The fourth-order valence-electron chi connectivity index (χ4n) is 3.07. The molecule has 0 atom stereocenters. The van der Waals surface area contributed by atoms with Crippen molar-refractivity contribution in [1.29, 1.82) is 0 Å². The lowest BCUT2D eigenvalue weighted by Gasteiger charge is -2.08. The molecule has 0 amide bonds. The quantitative estimate of drug-likeness (QED) is 0.363. The highest BCUT2D eigenvalue weighted by Crippen LogP contribution is 2.28. The average Bonchev–Trinajstić information content (AvgIpc) is 2.73. The molecule has 0 N–H and O–H groups in total. The largest absolute Gasteiger partial charge is 0.497 e. The number of aryl methyl sites for hydroxylation is 1. The molecule has 1 heterocycles. The van der Waals surface area contributed by atoms with E-state index in [-0.39, 0.29) is 0 Å². The number of benzene rings is 3. The zero-order valence-electron chi connectivity index (χ0n) is 15.7. The van der Waals surface area contributed by atoms with Crippen LogP contribution in [0.25, 0.3) is 22.1 Å².